The summed E-state index contributed by atoms with van der Waals surface area (Å²) < 4.78 is 35.7. The summed E-state index contributed by atoms with van der Waals surface area (Å²) in [6.07, 6.45) is -4.09. The topological polar surface area (TPSA) is 41.1 Å². The van der Waals surface area contributed by atoms with Crippen molar-refractivity contribution in [2.24, 2.45) is 11.8 Å². The number of amides is 1. The fourth-order valence-corrected chi connectivity index (χ4v) is 2.20. The Balaban J connectivity index is 1.85. The van der Waals surface area contributed by atoms with Crippen LogP contribution in [0, 0.1) is 11.8 Å². The zero-order valence-electron chi connectivity index (χ0n) is 7.40. The maximum absolute atomic E-state index is 11.9. The second-order valence-corrected chi connectivity index (χ2v) is 3.90. The first-order chi connectivity index (χ1) is 6.48. The molecule has 3 nitrogen and oxygen atoms in total. The van der Waals surface area contributed by atoms with Crippen LogP contribution < -0.4 is 10.6 Å². The molecule has 1 heterocycles. The zero-order valence-corrected chi connectivity index (χ0v) is 7.40. The summed E-state index contributed by atoms with van der Waals surface area (Å²) in [6, 6.07) is -0.288. The van der Waals surface area contributed by atoms with Crippen molar-refractivity contribution in [3.8, 4) is 0 Å². The van der Waals surface area contributed by atoms with Gasteiger partial charge in [0.05, 0.1) is 0 Å². The van der Waals surface area contributed by atoms with E-state index < -0.39 is 12.1 Å². The number of halogens is 3. The second kappa shape index (κ2) is 3.12. The quantitative estimate of drug-likeness (QED) is 0.649. The molecule has 2 aliphatic rings. The maximum atomic E-state index is 11.9. The van der Waals surface area contributed by atoms with E-state index in [0.29, 0.717) is 18.9 Å². The summed E-state index contributed by atoms with van der Waals surface area (Å²) in [5.41, 5.74) is 0. The Morgan fingerprint density at radius 3 is 2.64 bits per heavy atom. The van der Waals surface area contributed by atoms with E-state index in [2.05, 4.69) is 5.32 Å². The van der Waals surface area contributed by atoms with Gasteiger partial charge in [-0.2, -0.15) is 13.2 Å². The van der Waals surface area contributed by atoms with E-state index in [1.54, 1.807) is 0 Å². The Kier molecular flexibility index (Phi) is 2.17. The summed E-state index contributed by atoms with van der Waals surface area (Å²) in [5.74, 6) is -1.16. The van der Waals surface area contributed by atoms with Gasteiger partial charge in [0.2, 0.25) is 0 Å². The number of carbonyl (C=O) groups is 1. The van der Waals surface area contributed by atoms with Gasteiger partial charge < -0.3 is 10.6 Å². The number of alkyl halides is 3. The molecule has 6 heteroatoms. The molecule has 0 aromatic heterocycles. The highest BCUT2D eigenvalue weighted by molar-refractivity contribution is 5.82. The van der Waals surface area contributed by atoms with Crippen LogP contribution in [0.3, 0.4) is 0 Å². The normalized spacial score (nSPS) is 36.1. The summed E-state index contributed by atoms with van der Waals surface area (Å²) in [5, 5.41) is 5.12. The first kappa shape index (κ1) is 9.76. The van der Waals surface area contributed by atoms with Crippen LogP contribution in [0.1, 0.15) is 6.42 Å². The van der Waals surface area contributed by atoms with E-state index in [1.165, 1.54) is 0 Å². The molecule has 0 radical (unpaired) electrons. The minimum absolute atomic E-state index is 0.196. The van der Waals surface area contributed by atoms with Crippen molar-refractivity contribution >= 4 is 5.91 Å². The van der Waals surface area contributed by atoms with Crippen LogP contribution in [-0.4, -0.2) is 31.2 Å². The van der Waals surface area contributed by atoms with Gasteiger partial charge in [-0.3, -0.25) is 4.79 Å². The van der Waals surface area contributed by atoms with Crippen molar-refractivity contribution < 1.29 is 18.0 Å². The van der Waals surface area contributed by atoms with Gasteiger partial charge in [-0.05, 0) is 24.8 Å². The highest BCUT2D eigenvalue weighted by Crippen LogP contribution is 2.37. The molecular weight excluding hydrogens is 197 g/mol. The van der Waals surface area contributed by atoms with E-state index in [9.17, 15) is 18.0 Å². The molecule has 1 aliphatic carbocycles. The lowest BCUT2D eigenvalue weighted by Gasteiger charge is -2.40. The molecule has 1 amide bonds. The summed E-state index contributed by atoms with van der Waals surface area (Å²) in [4.78, 5) is 10.6. The molecule has 1 saturated carbocycles. The molecule has 0 spiro atoms. The van der Waals surface area contributed by atoms with E-state index in [1.807, 2.05) is 5.32 Å². The number of hydrogen-bond acceptors (Lipinski definition) is 2. The number of carbonyl (C=O) groups excluding carboxylic acids is 1. The highest BCUT2D eigenvalue weighted by atomic mass is 19.4. The summed E-state index contributed by atoms with van der Waals surface area (Å²) in [7, 11) is 0. The van der Waals surface area contributed by atoms with E-state index in [4.69, 9.17) is 0 Å². The molecule has 2 fully saturated rings. The SMILES string of the molecule is O=C(NC1CC2CNCC21)C(F)(F)F. The molecule has 0 aromatic rings. The third kappa shape index (κ3) is 1.58. The standard InChI is InChI=1S/C8H11F3N2O/c9-8(10,11)7(14)13-6-1-4-2-12-3-5(4)6/h4-6,12H,1-3H2,(H,13,14). The smallest absolute Gasteiger partial charge is 0.345 e. The number of fused-ring (bicyclic) bond motifs is 1. The summed E-state index contributed by atoms with van der Waals surface area (Å²) in [6.45, 7) is 1.58. The van der Waals surface area contributed by atoms with E-state index >= 15 is 0 Å². The van der Waals surface area contributed by atoms with Gasteiger partial charge in [-0.1, -0.05) is 0 Å². The van der Waals surface area contributed by atoms with Gasteiger partial charge >= 0.3 is 12.1 Å². The van der Waals surface area contributed by atoms with Crippen LogP contribution in [0.25, 0.3) is 0 Å². The first-order valence-electron chi connectivity index (χ1n) is 4.57. The monoisotopic (exact) mass is 208 g/mol. The van der Waals surface area contributed by atoms with Crippen LogP contribution in [0.2, 0.25) is 0 Å². The van der Waals surface area contributed by atoms with E-state index in [0.717, 1.165) is 6.54 Å². The molecule has 80 valence electrons. The average Bonchev–Trinajstić information content (AvgIpc) is 2.40. The molecule has 2 rings (SSSR count). The van der Waals surface area contributed by atoms with Crippen molar-refractivity contribution in [2.45, 2.75) is 18.6 Å². The van der Waals surface area contributed by atoms with Gasteiger partial charge in [0.1, 0.15) is 0 Å². The second-order valence-electron chi connectivity index (χ2n) is 3.90. The van der Waals surface area contributed by atoms with Crippen LogP contribution >= 0.6 is 0 Å². The molecule has 2 N–H and O–H groups in total. The summed E-state index contributed by atoms with van der Waals surface area (Å²) >= 11 is 0. The fourth-order valence-electron chi connectivity index (χ4n) is 2.20. The fraction of sp³-hybridized carbons (Fsp3) is 0.875. The predicted octanol–water partition coefficient (Wildman–Crippen LogP) is 0.273. The molecule has 0 bridgehead atoms. The van der Waals surface area contributed by atoms with Crippen molar-refractivity contribution in [1.82, 2.24) is 10.6 Å². The van der Waals surface area contributed by atoms with Crippen molar-refractivity contribution in [3.05, 3.63) is 0 Å². The van der Waals surface area contributed by atoms with Crippen LogP contribution in [0.15, 0.2) is 0 Å². The third-order valence-corrected chi connectivity index (χ3v) is 3.04. The molecule has 3 atom stereocenters. The lowest BCUT2D eigenvalue weighted by atomic mass is 9.71. The maximum Gasteiger partial charge on any atom is 0.471 e. The minimum Gasteiger partial charge on any atom is -0.345 e. The number of nitrogens with one attached hydrogen (secondary N) is 2. The Hall–Kier alpha value is -0.780. The number of rotatable bonds is 1. The van der Waals surface area contributed by atoms with Gasteiger partial charge in [0.15, 0.2) is 0 Å². The largest absolute Gasteiger partial charge is 0.471 e. The predicted molar refractivity (Wildman–Crippen MR) is 42.5 cm³/mol. The Morgan fingerprint density at radius 1 is 1.36 bits per heavy atom. The van der Waals surface area contributed by atoms with Crippen molar-refractivity contribution in [2.75, 3.05) is 13.1 Å². The minimum atomic E-state index is -4.75. The average molecular weight is 208 g/mol. The molecule has 0 aromatic carbocycles. The Morgan fingerprint density at radius 2 is 2.07 bits per heavy atom. The van der Waals surface area contributed by atoms with Crippen molar-refractivity contribution in [3.63, 3.8) is 0 Å². The van der Waals surface area contributed by atoms with Crippen LogP contribution in [-0.2, 0) is 4.79 Å². The number of hydrogen-bond donors (Lipinski definition) is 2. The van der Waals surface area contributed by atoms with Crippen molar-refractivity contribution in [1.29, 1.82) is 0 Å². The lowest BCUT2D eigenvalue weighted by molar-refractivity contribution is -0.175. The molecule has 3 unspecified atom stereocenters. The van der Waals surface area contributed by atoms with Gasteiger partial charge in [-0.15, -0.1) is 0 Å². The van der Waals surface area contributed by atoms with Gasteiger partial charge in [-0.25, -0.2) is 0 Å². The first-order valence-corrected chi connectivity index (χ1v) is 4.57. The highest BCUT2D eigenvalue weighted by Gasteiger charge is 2.48. The lowest BCUT2D eigenvalue weighted by Crippen LogP contribution is -2.54. The Labute approximate surface area is 79.0 Å². The molecule has 1 aliphatic heterocycles. The zero-order chi connectivity index (χ0) is 10.3. The molecular formula is C8H11F3N2O. The van der Waals surface area contributed by atoms with E-state index in [-0.39, 0.29) is 12.0 Å². The van der Waals surface area contributed by atoms with Crippen LogP contribution in [0.5, 0.6) is 0 Å². The van der Waals surface area contributed by atoms with Crippen LogP contribution in [0.4, 0.5) is 13.2 Å². The van der Waals surface area contributed by atoms with Gasteiger partial charge in [0.25, 0.3) is 0 Å². The molecule has 1 saturated heterocycles. The Bertz CT molecular complexity index is 253. The third-order valence-electron chi connectivity index (χ3n) is 3.04. The molecule has 14 heavy (non-hydrogen) atoms. The van der Waals surface area contributed by atoms with Gasteiger partial charge in [0, 0.05) is 12.6 Å².